The maximum atomic E-state index is 11.9. The van der Waals surface area contributed by atoms with E-state index in [-0.39, 0.29) is 0 Å². The van der Waals surface area contributed by atoms with Crippen molar-refractivity contribution in [1.82, 2.24) is 10.2 Å². The molecule has 3 nitrogen and oxygen atoms in total. The van der Waals surface area contributed by atoms with E-state index in [9.17, 15) is 4.79 Å². The van der Waals surface area contributed by atoms with Crippen LogP contribution in [0.5, 0.6) is 0 Å². The van der Waals surface area contributed by atoms with Crippen LogP contribution in [0.1, 0.15) is 32.1 Å². The van der Waals surface area contributed by atoms with Crippen LogP contribution in [0, 0.1) is 0 Å². The largest absolute Gasteiger partial charge is 0.339 e. The third kappa shape index (κ3) is 3.67. The average Bonchev–Trinajstić information content (AvgIpc) is 2.38. The summed E-state index contributed by atoms with van der Waals surface area (Å²) in [6.45, 7) is 3.70. The molecule has 1 saturated carbocycles. The van der Waals surface area contributed by atoms with Crippen LogP contribution in [0.2, 0.25) is 0 Å². The van der Waals surface area contributed by atoms with Gasteiger partial charge in [0.05, 0.1) is 5.75 Å². The lowest BCUT2D eigenvalue weighted by molar-refractivity contribution is -0.128. The predicted octanol–water partition coefficient (Wildman–Crippen LogP) is 1.48. The minimum Gasteiger partial charge on any atom is -0.339 e. The fraction of sp³-hybridized carbons (Fsp3) is 0.917. The Morgan fingerprint density at radius 1 is 1.19 bits per heavy atom. The first-order valence-electron chi connectivity index (χ1n) is 6.46. The molecule has 0 aromatic rings. The van der Waals surface area contributed by atoms with E-state index < -0.39 is 0 Å². The number of hydrogen-bond donors (Lipinski definition) is 1. The number of carbonyl (C=O) groups excluding carboxylic acids is 1. The Balaban J connectivity index is 1.65. The first-order valence-corrected chi connectivity index (χ1v) is 7.51. The standard InChI is InChI=1S/C12H22N2OS/c15-12(14-8-6-13-7-9-14)10-16-11-4-2-1-3-5-11/h11,13H,1-10H2. The summed E-state index contributed by atoms with van der Waals surface area (Å²) in [7, 11) is 0. The Labute approximate surface area is 102 Å². The van der Waals surface area contributed by atoms with Crippen LogP contribution in [0.15, 0.2) is 0 Å². The maximum Gasteiger partial charge on any atom is 0.232 e. The highest BCUT2D eigenvalue weighted by Crippen LogP contribution is 2.28. The second-order valence-electron chi connectivity index (χ2n) is 4.70. The zero-order valence-electron chi connectivity index (χ0n) is 9.91. The lowest BCUT2D eigenvalue weighted by Crippen LogP contribution is -2.47. The summed E-state index contributed by atoms with van der Waals surface area (Å²) < 4.78 is 0. The molecule has 4 heteroatoms. The molecule has 1 amide bonds. The van der Waals surface area contributed by atoms with Crippen molar-refractivity contribution in [3.05, 3.63) is 0 Å². The zero-order chi connectivity index (χ0) is 11.2. The minimum atomic E-state index is 0.345. The van der Waals surface area contributed by atoms with E-state index in [1.54, 1.807) is 0 Å². The summed E-state index contributed by atoms with van der Waals surface area (Å²) >= 11 is 1.89. The molecular weight excluding hydrogens is 220 g/mol. The topological polar surface area (TPSA) is 32.3 Å². The number of piperazine rings is 1. The van der Waals surface area contributed by atoms with Gasteiger partial charge in [-0.25, -0.2) is 0 Å². The molecule has 2 aliphatic rings. The van der Waals surface area contributed by atoms with Crippen molar-refractivity contribution < 1.29 is 4.79 Å². The van der Waals surface area contributed by atoms with Crippen LogP contribution < -0.4 is 5.32 Å². The number of nitrogens with one attached hydrogen (secondary N) is 1. The summed E-state index contributed by atoms with van der Waals surface area (Å²) in [4.78, 5) is 13.9. The first-order chi connectivity index (χ1) is 7.86. The fourth-order valence-electron chi connectivity index (χ4n) is 2.43. The minimum absolute atomic E-state index is 0.345. The van der Waals surface area contributed by atoms with Gasteiger partial charge in [0.25, 0.3) is 0 Å². The number of hydrogen-bond acceptors (Lipinski definition) is 3. The van der Waals surface area contributed by atoms with Crippen LogP contribution in [0.25, 0.3) is 0 Å². The zero-order valence-corrected chi connectivity index (χ0v) is 10.7. The van der Waals surface area contributed by atoms with Crippen molar-refractivity contribution in [2.75, 3.05) is 31.9 Å². The number of thioether (sulfide) groups is 1. The van der Waals surface area contributed by atoms with Gasteiger partial charge in [-0.05, 0) is 12.8 Å². The Kier molecular flexibility index (Phi) is 4.97. The molecule has 0 unspecified atom stereocenters. The number of carbonyl (C=O) groups is 1. The summed E-state index contributed by atoms with van der Waals surface area (Å²) in [6.07, 6.45) is 6.75. The van der Waals surface area contributed by atoms with Gasteiger partial charge in [0.15, 0.2) is 0 Å². The molecule has 0 aromatic carbocycles. The van der Waals surface area contributed by atoms with Crippen molar-refractivity contribution in [3.63, 3.8) is 0 Å². The number of rotatable bonds is 3. The molecule has 0 atom stereocenters. The van der Waals surface area contributed by atoms with Crippen molar-refractivity contribution >= 4 is 17.7 Å². The highest BCUT2D eigenvalue weighted by atomic mass is 32.2. The first kappa shape index (κ1) is 12.2. The van der Waals surface area contributed by atoms with Gasteiger partial charge in [0.2, 0.25) is 5.91 Å². The molecule has 1 saturated heterocycles. The quantitative estimate of drug-likeness (QED) is 0.814. The molecule has 92 valence electrons. The smallest absolute Gasteiger partial charge is 0.232 e. The summed E-state index contributed by atoms with van der Waals surface area (Å²) in [5.41, 5.74) is 0. The van der Waals surface area contributed by atoms with Gasteiger partial charge in [0.1, 0.15) is 0 Å². The number of nitrogens with zero attached hydrogens (tertiary/aromatic N) is 1. The Morgan fingerprint density at radius 2 is 1.88 bits per heavy atom. The molecule has 1 N–H and O–H groups in total. The highest BCUT2D eigenvalue weighted by molar-refractivity contribution is 8.00. The van der Waals surface area contributed by atoms with Crippen LogP contribution in [0.3, 0.4) is 0 Å². The normalized spacial score (nSPS) is 23.4. The van der Waals surface area contributed by atoms with E-state index in [2.05, 4.69) is 5.32 Å². The summed E-state index contributed by atoms with van der Waals surface area (Å²) in [6, 6.07) is 0. The molecule has 0 bridgehead atoms. The van der Waals surface area contributed by atoms with Crippen molar-refractivity contribution in [2.24, 2.45) is 0 Å². The van der Waals surface area contributed by atoms with Gasteiger partial charge < -0.3 is 10.2 Å². The van der Waals surface area contributed by atoms with E-state index >= 15 is 0 Å². The summed E-state index contributed by atoms with van der Waals surface area (Å²) in [5, 5.41) is 4.02. The van der Waals surface area contributed by atoms with E-state index in [1.807, 2.05) is 16.7 Å². The Bertz CT molecular complexity index is 223. The third-order valence-corrected chi connectivity index (χ3v) is 4.82. The molecule has 0 spiro atoms. The predicted molar refractivity (Wildman–Crippen MR) is 68.8 cm³/mol. The van der Waals surface area contributed by atoms with E-state index in [1.165, 1.54) is 32.1 Å². The van der Waals surface area contributed by atoms with E-state index in [4.69, 9.17) is 0 Å². The van der Waals surface area contributed by atoms with Gasteiger partial charge in [0, 0.05) is 31.4 Å². The molecule has 2 rings (SSSR count). The summed E-state index contributed by atoms with van der Waals surface area (Å²) in [5.74, 6) is 1.04. The van der Waals surface area contributed by atoms with Crippen LogP contribution >= 0.6 is 11.8 Å². The van der Waals surface area contributed by atoms with Gasteiger partial charge in [-0.15, -0.1) is 11.8 Å². The Hall–Kier alpha value is -0.220. The van der Waals surface area contributed by atoms with Crippen molar-refractivity contribution in [3.8, 4) is 0 Å². The van der Waals surface area contributed by atoms with Crippen LogP contribution in [0.4, 0.5) is 0 Å². The average molecular weight is 242 g/mol. The lowest BCUT2D eigenvalue weighted by Gasteiger charge is -2.28. The molecule has 0 radical (unpaired) electrons. The van der Waals surface area contributed by atoms with Crippen molar-refractivity contribution in [1.29, 1.82) is 0 Å². The van der Waals surface area contributed by atoms with Gasteiger partial charge in [-0.3, -0.25) is 4.79 Å². The van der Waals surface area contributed by atoms with Gasteiger partial charge in [-0.2, -0.15) is 0 Å². The van der Waals surface area contributed by atoms with Gasteiger partial charge in [-0.1, -0.05) is 19.3 Å². The molecule has 1 aliphatic heterocycles. The molecular formula is C12H22N2OS. The second-order valence-corrected chi connectivity index (χ2v) is 5.99. The number of amides is 1. The maximum absolute atomic E-state index is 11.9. The molecule has 1 heterocycles. The third-order valence-electron chi connectivity index (χ3n) is 3.46. The SMILES string of the molecule is O=C(CSC1CCCCC1)N1CCNCC1. The van der Waals surface area contributed by atoms with Crippen LogP contribution in [-0.4, -0.2) is 48.0 Å². The fourth-order valence-corrected chi connectivity index (χ4v) is 3.65. The monoisotopic (exact) mass is 242 g/mol. The Morgan fingerprint density at radius 3 is 2.56 bits per heavy atom. The second kappa shape index (κ2) is 6.50. The van der Waals surface area contributed by atoms with Gasteiger partial charge >= 0.3 is 0 Å². The highest BCUT2D eigenvalue weighted by Gasteiger charge is 2.19. The molecule has 1 aliphatic carbocycles. The molecule has 16 heavy (non-hydrogen) atoms. The lowest BCUT2D eigenvalue weighted by atomic mass is 10.0. The molecule has 2 fully saturated rings. The van der Waals surface area contributed by atoms with Crippen LogP contribution in [-0.2, 0) is 4.79 Å². The van der Waals surface area contributed by atoms with Crippen molar-refractivity contribution in [2.45, 2.75) is 37.4 Å². The molecule has 0 aromatic heterocycles. The van der Waals surface area contributed by atoms with E-state index in [0.717, 1.165) is 31.4 Å². The van der Waals surface area contributed by atoms with E-state index in [0.29, 0.717) is 11.7 Å².